The van der Waals surface area contributed by atoms with E-state index in [0.29, 0.717) is 19.6 Å². The minimum absolute atomic E-state index is 0.0333. The number of likely N-dealkylation sites (N-methyl/N-ethyl adjacent to an activating group) is 1. The number of furan rings is 1. The van der Waals surface area contributed by atoms with Crippen LogP contribution in [0.15, 0.2) is 47.1 Å². The van der Waals surface area contributed by atoms with Crippen LogP contribution in [-0.2, 0) is 16.1 Å². The molecule has 0 saturated carbocycles. The van der Waals surface area contributed by atoms with Crippen LogP contribution in [0.25, 0.3) is 0 Å². The molecule has 3 rings (SSSR count). The summed E-state index contributed by atoms with van der Waals surface area (Å²) < 4.78 is 5.47. The zero-order valence-electron chi connectivity index (χ0n) is 16.1. The number of likely N-dealkylation sites (tertiary alicyclic amines) is 1. The molecule has 144 valence electrons. The highest BCUT2D eigenvalue weighted by molar-refractivity contribution is 5.89. The fourth-order valence-corrected chi connectivity index (χ4v) is 3.37. The standard InChI is InChI=1S/C21H27N3O3/c1-15-6-8-16(9-7-15)13-24-14-17(11-20(24)25)21(26)22-12-18(23(2)3)19-5-4-10-27-19/h4-10,17-18H,11-14H2,1-3H3,(H,22,26)/t17-,18+/m0/s1. The zero-order valence-corrected chi connectivity index (χ0v) is 16.1. The van der Waals surface area contributed by atoms with E-state index >= 15 is 0 Å². The van der Waals surface area contributed by atoms with Gasteiger partial charge in [-0.2, -0.15) is 0 Å². The van der Waals surface area contributed by atoms with Crippen LogP contribution in [0.3, 0.4) is 0 Å². The first-order chi connectivity index (χ1) is 12.9. The highest BCUT2D eigenvalue weighted by Gasteiger charge is 2.34. The number of rotatable bonds is 7. The van der Waals surface area contributed by atoms with Gasteiger partial charge in [0.25, 0.3) is 0 Å². The molecule has 2 aromatic rings. The number of aryl methyl sites for hydroxylation is 1. The van der Waals surface area contributed by atoms with Crippen molar-refractivity contribution in [2.75, 3.05) is 27.2 Å². The van der Waals surface area contributed by atoms with Crippen molar-refractivity contribution < 1.29 is 14.0 Å². The molecule has 1 N–H and O–H groups in total. The van der Waals surface area contributed by atoms with Gasteiger partial charge in [-0.15, -0.1) is 0 Å². The molecule has 0 aliphatic carbocycles. The lowest BCUT2D eigenvalue weighted by Gasteiger charge is -2.23. The Hall–Kier alpha value is -2.60. The smallest absolute Gasteiger partial charge is 0.225 e. The second kappa shape index (κ2) is 8.39. The van der Waals surface area contributed by atoms with Crippen molar-refractivity contribution >= 4 is 11.8 Å². The number of carbonyl (C=O) groups excluding carboxylic acids is 2. The van der Waals surface area contributed by atoms with Gasteiger partial charge < -0.3 is 14.6 Å². The van der Waals surface area contributed by atoms with Crippen LogP contribution in [-0.4, -0.2) is 48.8 Å². The van der Waals surface area contributed by atoms with Gasteiger partial charge in [-0.1, -0.05) is 29.8 Å². The first-order valence-corrected chi connectivity index (χ1v) is 9.25. The third-order valence-electron chi connectivity index (χ3n) is 5.04. The molecular formula is C21H27N3O3. The second-order valence-electron chi connectivity index (χ2n) is 7.40. The SMILES string of the molecule is Cc1ccc(CN2C[C@@H](C(=O)NC[C@H](c3ccco3)N(C)C)CC2=O)cc1. The van der Waals surface area contributed by atoms with E-state index < -0.39 is 0 Å². The summed E-state index contributed by atoms with van der Waals surface area (Å²) >= 11 is 0. The van der Waals surface area contributed by atoms with Gasteiger partial charge >= 0.3 is 0 Å². The Balaban J connectivity index is 1.54. The van der Waals surface area contributed by atoms with E-state index in [1.54, 1.807) is 11.2 Å². The molecule has 6 nitrogen and oxygen atoms in total. The van der Waals surface area contributed by atoms with Crippen LogP contribution in [0.2, 0.25) is 0 Å². The monoisotopic (exact) mass is 369 g/mol. The van der Waals surface area contributed by atoms with Gasteiger partial charge in [0.05, 0.1) is 18.2 Å². The predicted molar refractivity (Wildman–Crippen MR) is 103 cm³/mol. The fraction of sp³-hybridized carbons (Fsp3) is 0.429. The van der Waals surface area contributed by atoms with Crippen molar-refractivity contribution in [1.82, 2.24) is 15.1 Å². The Morgan fingerprint density at radius 2 is 2.04 bits per heavy atom. The molecule has 2 heterocycles. The number of hydrogen-bond donors (Lipinski definition) is 1. The van der Waals surface area contributed by atoms with Crippen LogP contribution in [0.5, 0.6) is 0 Å². The topological polar surface area (TPSA) is 65.8 Å². The Morgan fingerprint density at radius 3 is 2.67 bits per heavy atom. The van der Waals surface area contributed by atoms with E-state index in [-0.39, 0.29) is 30.2 Å². The average molecular weight is 369 g/mol. The van der Waals surface area contributed by atoms with Crippen LogP contribution in [0, 0.1) is 12.8 Å². The number of amides is 2. The van der Waals surface area contributed by atoms with E-state index in [9.17, 15) is 9.59 Å². The minimum atomic E-state index is -0.303. The Labute approximate surface area is 160 Å². The van der Waals surface area contributed by atoms with Gasteiger partial charge in [-0.3, -0.25) is 14.5 Å². The quantitative estimate of drug-likeness (QED) is 0.814. The van der Waals surface area contributed by atoms with Crippen LogP contribution in [0.1, 0.15) is 29.3 Å². The molecular weight excluding hydrogens is 342 g/mol. The van der Waals surface area contributed by atoms with Gasteiger partial charge in [-0.05, 0) is 38.7 Å². The maximum absolute atomic E-state index is 12.6. The summed E-state index contributed by atoms with van der Waals surface area (Å²) in [7, 11) is 3.89. The summed E-state index contributed by atoms with van der Waals surface area (Å²) in [6.07, 6.45) is 1.90. The predicted octanol–water partition coefficient (Wildman–Crippen LogP) is 2.36. The molecule has 1 saturated heterocycles. The molecule has 0 bridgehead atoms. The molecule has 0 spiro atoms. The summed E-state index contributed by atoms with van der Waals surface area (Å²) in [5.41, 5.74) is 2.27. The van der Waals surface area contributed by atoms with E-state index in [1.165, 1.54) is 5.56 Å². The molecule has 1 aromatic heterocycles. The number of carbonyl (C=O) groups is 2. The molecule has 1 aliphatic rings. The van der Waals surface area contributed by atoms with Crippen molar-refractivity contribution in [3.63, 3.8) is 0 Å². The summed E-state index contributed by atoms with van der Waals surface area (Å²) in [5.74, 6) is 0.463. The first-order valence-electron chi connectivity index (χ1n) is 9.25. The highest BCUT2D eigenvalue weighted by Crippen LogP contribution is 2.22. The van der Waals surface area contributed by atoms with Crippen molar-refractivity contribution in [3.8, 4) is 0 Å². The zero-order chi connectivity index (χ0) is 19.4. The van der Waals surface area contributed by atoms with E-state index in [0.717, 1.165) is 11.3 Å². The summed E-state index contributed by atoms with van der Waals surface area (Å²) in [6, 6.07) is 11.8. The molecule has 2 amide bonds. The molecule has 0 unspecified atom stereocenters. The first kappa shape index (κ1) is 19.2. The van der Waals surface area contributed by atoms with Crippen molar-refractivity contribution in [2.24, 2.45) is 5.92 Å². The molecule has 2 atom stereocenters. The van der Waals surface area contributed by atoms with Crippen molar-refractivity contribution in [3.05, 3.63) is 59.5 Å². The highest BCUT2D eigenvalue weighted by atomic mass is 16.3. The Bertz CT molecular complexity index is 768. The number of nitrogens with zero attached hydrogens (tertiary/aromatic N) is 2. The molecule has 0 radical (unpaired) electrons. The third-order valence-corrected chi connectivity index (χ3v) is 5.04. The summed E-state index contributed by atoms with van der Waals surface area (Å²) in [6.45, 7) is 3.50. The lowest BCUT2D eigenvalue weighted by Crippen LogP contribution is -2.38. The van der Waals surface area contributed by atoms with Crippen LogP contribution in [0.4, 0.5) is 0 Å². The van der Waals surface area contributed by atoms with Crippen molar-refractivity contribution in [1.29, 1.82) is 0 Å². The summed E-state index contributed by atoms with van der Waals surface area (Å²) in [5, 5.41) is 2.99. The number of benzene rings is 1. The van der Waals surface area contributed by atoms with E-state index in [2.05, 4.69) is 5.32 Å². The van der Waals surface area contributed by atoms with Crippen molar-refractivity contribution in [2.45, 2.75) is 25.9 Å². The van der Waals surface area contributed by atoms with Gasteiger partial charge in [0.2, 0.25) is 11.8 Å². The largest absolute Gasteiger partial charge is 0.468 e. The minimum Gasteiger partial charge on any atom is -0.468 e. The van der Waals surface area contributed by atoms with Gasteiger partial charge in [0.15, 0.2) is 0 Å². The molecule has 27 heavy (non-hydrogen) atoms. The lowest BCUT2D eigenvalue weighted by molar-refractivity contribution is -0.129. The maximum Gasteiger partial charge on any atom is 0.225 e. The van der Waals surface area contributed by atoms with E-state index in [1.807, 2.05) is 62.3 Å². The average Bonchev–Trinajstić information content (AvgIpc) is 3.27. The molecule has 1 aromatic carbocycles. The lowest BCUT2D eigenvalue weighted by atomic mass is 10.1. The van der Waals surface area contributed by atoms with Crippen LogP contribution >= 0.6 is 0 Å². The number of nitrogens with one attached hydrogen (secondary N) is 1. The molecule has 1 aliphatic heterocycles. The Kier molecular flexibility index (Phi) is 5.96. The summed E-state index contributed by atoms with van der Waals surface area (Å²) in [4.78, 5) is 28.7. The van der Waals surface area contributed by atoms with Gasteiger partial charge in [-0.25, -0.2) is 0 Å². The molecule has 1 fully saturated rings. The van der Waals surface area contributed by atoms with E-state index in [4.69, 9.17) is 4.42 Å². The third kappa shape index (κ3) is 4.77. The Morgan fingerprint density at radius 1 is 1.30 bits per heavy atom. The molecule has 6 heteroatoms. The normalized spacial score (nSPS) is 18.1. The fourth-order valence-electron chi connectivity index (χ4n) is 3.37. The number of hydrogen-bond acceptors (Lipinski definition) is 4. The van der Waals surface area contributed by atoms with Gasteiger partial charge in [0.1, 0.15) is 5.76 Å². The second-order valence-corrected chi connectivity index (χ2v) is 7.40. The maximum atomic E-state index is 12.6. The van der Waals surface area contributed by atoms with Crippen LogP contribution < -0.4 is 5.32 Å². The van der Waals surface area contributed by atoms with Gasteiger partial charge in [0, 0.05) is 26.1 Å².